The second-order valence-electron chi connectivity index (χ2n) is 8.70. The van der Waals surface area contributed by atoms with Gasteiger partial charge in [0.15, 0.2) is 5.82 Å². The monoisotopic (exact) mass is 352 g/mol. The maximum absolute atomic E-state index is 4.80. The second kappa shape index (κ2) is 6.18. The zero-order chi connectivity index (χ0) is 18.5. The van der Waals surface area contributed by atoms with E-state index in [9.17, 15) is 0 Å². The van der Waals surface area contributed by atoms with Gasteiger partial charge in [-0.3, -0.25) is 0 Å². The lowest BCUT2D eigenvalue weighted by molar-refractivity contribution is 0.484. The summed E-state index contributed by atoms with van der Waals surface area (Å²) in [5.74, 6) is 3.60. The highest BCUT2D eigenvalue weighted by molar-refractivity contribution is 5.48. The Labute approximate surface area is 155 Å². The Morgan fingerprint density at radius 2 is 1.81 bits per heavy atom. The van der Waals surface area contributed by atoms with Gasteiger partial charge in [0.2, 0.25) is 0 Å². The van der Waals surface area contributed by atoms with Crippen LogP contribution >= 0.6 is 0 Å². The normalized spacial score (nSPS) is 18.0. The van der Waals surface area contributed by atoms with E-state index in [-0.39, 0.29) is 5.41 Å². The van der Waals surface area contributed by atoms with Crippen molar-refractivity contribution in [3.63, 3.8) is 0 Å². The molecule has 1 saturated carbocycles. The van der Waals surface area contributed by atoms with Crippen LogP contribution in [-0.4, -0.2) is 46.3 Å². The van der Waals surface area contributed by atoms with Gasteiger partial charge in [-0.25, -0.2) is 9.97 Å². The molecule has 6 nitrogen and oxygen atoms in total. The molecule has 1 saturated heterocycles. The van der Waals surface area contributed by atoms with Gasteiger partial charge in [-0.15, -0.1) is 5.10 Å². The van der Waals surface area contributed by atoms with Crippen LogP contribution in [0.3, 0.4) is 0 Å². The highest BCUT2D eigenvalue weighted by Crippen LogP contribution is 2.38. The molecule has 0 aromatic carbocycles. The number of anilines is 2. The van der Waals surface area contributed by atoms with E-state index in [2.05, 4.69) is 77.9 Å². The molecule has 0 atom stereocenters. The van der Waals surface area contributed by atoms with Gasteiger partial charge in [-0.1, -0.05) is 20.8 Å². The molecule has 0 radical (unpaired) electrons. The fourth-order valence-electron chi connectivity index (χ4n) is 3.25. The molecule has 0 amide bonds. The molecule has 3 heterocycles. The molecule has 1 aliphatic carbocycles. The second-order valence-corrected chi connectivity index (χ2v) is 8.70. The van der Waals surface area contributed by atoms with Crippen LogP contribution in [0.1, 0.15) is 56.7 Å². The first-order chi connectivity index (χ1) is 12.3. The van der Waals surface area contributed by atoms with Crippen molar-refractivity contribution in [2.24, 2.45) is 0 Å². The Hall–Kier alpha value is -2.24. The molecule has 0 bridgehead atoms. The standard InChI is InChI=1S/C20H28N6/c1-13-10-18(22-19(21-13)14-6-7-14)25(5)15-11-26(12-15)17-9-8-16(23-24-17)20(2,3)4/h8-10,14-15H,6-7,11-12H2,1-5H3. The lowest BCUT2D eigenvalue weighted by atomic mass is 9.92. The molecule has 0 spiro atoms. The predicted molar refractivity (Wildman–Crippen MR) is 104 cm³/mol. The van der Waals surface area contributed by atoms with Crippen LogP contribution in [0.5, 0.6) is 0 Å². The summed E-state index contributed by atoms with van der Waals surface area (Å²) in [5.41, 5.74) is 2.12. The summed E-state index contributed by atoms with van der Waals surface area (Å²) in [7, 11) is 2.13. The van der Waals surface area contributed by atoms with Crippen LogP contribution in [0.2, 0.25) is 0 Å². The van der Waals surface area contributed by atoms with Crippen molar-refractivity contribution in [2.45, 2.75) is 57.9 Å². The van der Waals surface area contributed by atoms with Crippen LogP contribution in [0.25, 0.3) is 0 Å². The Bertz CT molecular complexity index is 785. The summed E-state index contributed by atoms with van der Waals surface area (Å²) < 4.78 is 0. The van der Waals surface area contributed by atoms with Crippen molar-refractivity contribution in [1.29, 1.82) is 0 Å². The van der Waals surface area contributed by atoms with E-state index in [1.54, 1.807) is 0 Å². The SMILES string of the molecule is Cc1cc(N(C)C2CN(c3ccc(C(C)(C)C)nn3)C2)nc(C2CC2)n1. The van der Waals surface area contributed by atoms with Crippen LogP contribution in [-0.2, 0) is 5.41 Å². The minimum Gasteiger partial charge on any atom is -0.353 e. The zero-order valence-electron chi connectivity index (χ0n) is 16.4. The van der Waals surface area contributed by atoms with E-state index < -0.39 is 0 Å². The maximum atomic E-state index is 4.80. The summed E-state index contributed by atoms with van der Waals surface area (Å²) in [6.45, 7) is 10.4. The molecule has 0 unspecified atom stereocenters. The number of likely N-dealkylation sites (N-methyl/N-ethyl adjacent to an activating group) is 1. The number of hydrogen-bond acceptors (Lipinski definition) is 6. The van der Waals surface area contributed by atoms with Gasteiger partial charge in [-0.2, -0.15) is 5.10 Å². The van der Waals surface area contributed by atoms with E-state index in [0.717, 1.165) is 41.9 Å². The molecule has 4 rings (SSSR count). The fourth-order valence-corrected chi connectivity index (χ4v) is 3.25. The Morgan fingerprint density at radius 1 is 1.08 bits per heavy atom. The van der Waals surface area contributed by atoms with Gasteiger partial charge in [0.25, 0.3) is 0 Å². The van der Waals surface area contributed by atoms with Gasteiger partial charge in [-0.05, 0) is 31.9 Å². The third-order valence-corrected chi connectivity index (χ3v) is 5.31. The van der Waals surface area contributed by atoms with Crippen molar-refractivity contribution >= 4 is 11.6 Å². The molecule has 2 aliphatic rings. The number of hydrogen-bond donors (Lipinski definition) is 0. The van der Waals surface area contributed by atoms with E-state index in [1.165, 1.54) is 12.8 Å². The lowest BCUT2D eigenvalue weighted by Gasteiger charge is -2.45. The summed E-state index contributed by atoms with van der Waals surface area (Å²) in [6.07, 6.45) is 2.46. The minimum atomic E-state index is 0.0351. The summed E-state index contributed by atoms with van der Waals surface area (Å²) in [5, 5.41) is 8.83. The van der Waals surface area contributed by atoms with Crippen molar-refractivity contribution < 1.29 is 0 Å². The fraction of sp³-hybridized carbons (Fsp3) is 0.600. The summed E-state index contributed by atoms with van der Waals surface area (Å²) in [4.78, 5) is 14.0. The first-order valence-electron chi connectivity index (χ1n) is 9.49. The first kappa shape index (κ1) is 17.2. The Balaban J connectivity index is 1.41. The van der Waals surface area contributed by atoms with E-state index in [4.69, 9.17) is 4.98 Å². The molecule has 138 valence electrons. The highest BCUT2D eigenvalue weighted by atomic mass is 15.4. The smallest absolute Gasteiger partial charge is 0.151 e. The average molecular weight is 352 g/mol. The molecule has 1 aliphatic heterocycles. The number of aromatic nitrogens is 4. The van der Waals surface area contributed by atoms with Crippen molar-refractivity contribution in [3.05, 3.63) is 35.4 Å². The molecule has 26 heavy (non-hydrogen) atoms. The topological polar surface area (TPSA) is 58.0 Å². The Morgan fingerprint density at radius 3 is 2.38 bits per heavy atom. The maximum Gasteiger partial charge on any atom is 0.151 e. The largest absolute Gasteiger partial charge is 0.353 e. The minimum absolute atomic E-state index is 0.0351. The third-order valence-electron chi connectivity index (χ3n) is 5.31. The predicted octanol–water partition coefficient (Wildman–Crippen LogP) is 3.07. The van der Waals surface area contributed by atoms with Gasteiger partial charge in [0, 0.05) is 43.2 Å². The molecule has 2 fully saturated rings. The molecule has 6 heteroatoms. The van der Waals surface area contributed by atoms with Gasteiger partial charge in [0.05, 0.1) is 11.7 Å². The summed E-state index contributed by atoms with van der Waals surface area (Å²) >= 11 is 0. The molecular weight excluding hydrogens is 324 g/mol. The van der Waals surface area contributed by atoms with Crippen molar-refractivity contribution in [1.82, 2.24) is 20.2 Å². The number of aryl methyl sites for hydroxylation is 1. The third kappa shape index (κ3) is 3.37. The van der Waals surface area contributed by atoms with Crippen LogP contribution < -0.4 is 9.80 Å². The van der Waals surface area contributed by atoms with Crippen molar-refractivity contribution in [3.8, 4) is 0 Å². The zero-order valence-corrected chi connectivity index (χ0v) is 16.4. The van der Waals surface area contributed by atoms with E-state index >= 15 is 0 Å². The Kier molecular flexibility index (Phi) is 4.09. The van der Waals surface area contributed by atoms with Crippen LogP contribution in [0, 0.1) is 6.92 Å². The quantitative estimate of drug-likeness (QED) is 0.843. The number of rotatable bonds is 4. The summed E-state index contributed by atoms with van der Waals surface area (Å²) in [6, 6.07) is 6.71. The average Bonchev–Trinajstić information content (AvgIpc) is 3.37. The van der Waals surface area contributed by atoms with Crippen molar-refractivity contribution in [2.75, 3.05) is 29.9 Å². The van der Waals surface area contributed by atoms with Crippen LogP contribution in [0.4, 0.5) is 11.6 Å². The molecular formula is C20H28N6. The molecule has 2 aromatic rings. The number of nitrogens with zero attached hydrogens (tertiary/aromatic N) is 6. The van der Waals surface area contributed by atoms with Gasteiger partial charge >= 0.3 is 0 Å². The van der Waals surface area contributed by atoms with Gasteiger partial charge < -0.3 is 9.80 Å². The molecule has 0 N–H and O–H groups in total. The lowest BCUT2D eigenvalue weighted by Crippen LogP contribution is -2.59. The highest BCUT2D eigenvalue weighted by Gasteiger charge is 2.33. The van der Waals surface area contributed by atoms with E-state index in [1.807, 2.05) is 0 Å². The molecule has 2 aromatic heterocycles. The first-order valence-corrected chi connectivity index (χ1v) is 9.49. The van der Waals surface area contributed by atoms with Gasteiger partial charge in [0.1, 0.15) is 11.6 Å². The van der Waals surface area contributed by atoms with E-state index in [0.29, 0.717) is 12.0 Å². The van der Waals surface area contributed by atoms with Crippen LogP contribution in [0.15, 0.2) is 18.2 Å².